The number of hydrogen-bond donors (Lipinski definition) is 1. The fourth-order valence-corrected chi connectivity index (χ4v) is 3.87. The molecule has 138 valence electrons. The molecule has 0 saturated carbocycles. The highest BCUT2D eigenvalue weighted by atomic mass is 16.2. The molecular formula is C20H32N4O. The van der Waals surface area contributed by atoms with Crippen molar-refractivity contribution >= 4 is 11.6 Å². The summed E-state index contributed by atoms with van der Waals surface area (Å²) < 4.78 is 0. The van der Waals surface area contributed by atoms with Crippen molar-refractivity contribution in [3.63, 3.8) is 0 Å². The first-order valence-electron chi connectivity index (χ1n) is 9.63. The number of carbonyl (C=O) groups is 1. The molecule has 1 aromatic carbocycles. The van der Waals surface area contributed by atoms with Crippen molar-refractivity contribution in [1.82, 2.24) is 15.1 Å². The van der Waals surface area contributed by atoms with Crippen LogP contribution in [0.4, 0.5) is 5.69 Å². The Kier molecular flexibility index (Phi) is 5.97. The van der Waals surface area contributed by atoms with Gasteiger partial charge in [0.2, 0.25) is 0 Å². The average Bonchev–Trinajstić information content (AvgIpc) is 2.67. The number of carbonyl (C=O) groups excluding carboxylic acids is 1. The van der Waals surface area contributed by atoms with Gasteiger partial charge in [0, 0.05) is 56.6 Å². The minimum Gasteiger partial charge on any atom is -0.369 e. The summed E-state index contributed by atoms with van der Waals surface area (Å²) in [5.41, 5.74) is 2.02. The Morgan fingerprint density at radius 2 is 1.68 bits per heavy atom. The Morgan fingerprint density at radius 1 is 1.08 bits per heavy atom. The highest BCUT2D eigenvalue weighted by Gasteiger charge is 2.23. The lowest BCUT2D eigenvalue weighted by molar-refractivity contribution is 0.0703. The van der Waals surface area contributed by atoms with Crippen molar-refractivity contribution in [1.29, 1.82) is 0 Å². The Hall–Kier alpha value is -1.59. The summed E-state index contributed by atoms with van der Waals surface area (Å²) in [6.45, 7) is 10.9. The first kappa shape index (κ1) is 18.2. The summed E-state index contributed by atoms with van der Waals surface area (Å²) in [6, 6.07) is 9.17. The number of amides is 1. The zero-order chi connectivity index (χ0) is 17.8. The van der Waals surface area contributed by atoms with Crippen LogP contribution in [0.1, 0.15) is 37.0 Å². The van der Waals surface area contributed by atoms with E-state index in [4.69, 9.17) is 0 Å². The van der Waals surface area contributed by atoms with Gasteiger partial charge in [0.05, 0.1) is 0 Å². The predicted molar refractivity (Wildman–Crippen MR) is 103 cm³/mol. The van der Waals surface area contributed by atoms with E-state index in [0.717, 1.165) is 57.7 Å². The molecule has 1 N–H and O–H groups in total. The number of anilines is 1. The van der Waals surface area contributed by atoms with E-state index in [1.54, 1.807) is 0 Å². The van der Waals surface area contributed by atoms with E-state index in [1.165, 1.54) is 5.69 Å². The first-order valence-corrected chi connectivity index (χ1v) is 9.63. The van der Waals surface area contributed by atoms with Crippen LogP contribution in [0.5, 0.6) is 0 Å². The van der Waals surface area contributed by atoms with Crippen LogP contribution < -0.4 is 10.2 Å². The van der Waals surface area contributed by atoms with E-state index in [2.05, 4.69) is 41.1 Å². The Morgan fingerprint density at radius 3 is 2.24 bits per heavy atom. The fraction of sp³-hybridized carbons (Fsp3) is 0.650. The van der Waals surface area contributed by atoms with E-state index >= 15 is 0 Å². The Labute approximate surface area is 152 Å². The molecule has 0 aromatic heterocycles. The summed E-state index contributed by atoms with van der Waals surface area (Å²) in [4.78, 5) is 19.6. The van der Waals surface area contributed by atoms with Gasteiger partial charge < -0.3 is 15.1 Å². The molecule has 2 fully saturated rings. The van der Waals surface area contributed by atoms with E-state index < -0.39 is 0 Å². The van der Waals surface area contributed by atoms with E-state index in [9.17, 15) is 4.79 Å². The smallest absolute Gasteiger partial charge is 0.253 e. The molecule has 1 aromatic rings. The number of piperidine rings is 1. The number of nitrogens with one attached hydrogen (secondary N) is 1. The number of piperazine rings is 1. The van der Waals surface area contributed by atoms with Crippen LogP contribution in [-0.4, -0.2) is 74.1 Å². The molecule has 0 aliphatic carbocycles. The maximum atomic E-state index is 12.7. The maximum Gasteiger partial charge on any atom is 0.253 e. The molecule has 2 heterocycles. The Balaban J connectivity index is 1.59. The number of nitrogens with zero attached hydrogens (tertiary/aromatic N) is 3. The summed E-state index contributed by atoms with van der Waals surface area (Å²) in [5, 5.41) is 3.36. The quantitative estimate of drug-likeness (QED) is 0.907. The second kappa shape index (κ2) is 8.19. The van der Waals surface area contributed by atoms with Gasteiger partial charge >= 0.3 is 0 Å². The molecule has 0 bridgehead atoms. The number of hydrogen-bond acceptors (Lipinski definition) is 4. The van der Waals surface area contributed by atoms with Gasteiger partial charge in [-0.3, -0.25) is 9.69 Å². The molecule has 25 heavy (non-hydrogen) atoms. The molecule has 2 aliphatic rings. The lowest BCUT2D eigenvalue weighted by Gasteiger charge is -2.38. The van der Waals surface area contributed by atoms with Crippen LogP contribution in [0.3, 0.4) is 0 Å². The molecule has 0 radical (unpaired) electrons. The van der Waals surface area contributed by atoms with Crippen molar-refractivity contribution in [2.24, 2.45) is 0 Å². The van der Waals surface area contributed by atoms with Crippen molar-refractivity contribution < 1.29 is 4.79 Å². The molecular weight excluding hydrogens is 312 g/mol. The first-order chi connectivity index (χ1) is 12.1. The topological polar surface area (TPSA) is 38.8 Å². The van der Waals surface area contributed by atoms with Crippen LogP contribution in [0.25, 0.3) is 0 Å². The van der Waals surface area contributed by atoms with Crippen molar-refractivity contribution in [2.75, 3.05) is 51.2 Å². The summed E-state index contributed by atoms with van der Waals surface area (Å²) >= 11 is 0. The van der Waals surface area contributed by atoms with E-state index in [1.807, 2.05) is 24.1 Å². The summed E-state index contributed by atoms with van der Waals surface area (Å²) in [7, 11) is 1.94. The standard InChI is InChI=1S/C20H32N4O/c1-16(2)23-12-14-24(15-13-23)19-6-4-17(5-7-19)20(25)22(3)18-8-10-21-11-9-18/h4-7,16,18,21H,8-15H2,1-3H3. The molecule has 1 amide bonds. The SMILES string of the molecule is CC(C)N1CCN(c2ccc(C(=O)N(C)C3CCNCC3)cc2)CC1. The third-order valence-corrected chi connectivity index (χ3v) is 5.70. The maximum absolute atomic E-state index is 12.7. The van der Waals surface area contributed by atoms with Gasteiger partial charge in [0.15, 0.2) is 0 Å². The Bertz CT molecular complexity index is 558. The highest BCUT2D eigenvalue weighted by Crippen LogP contribution is 2.20. The predicted octanol–water partition coefficient (Wildman–Crippen LogP) is 2.04. The second-order valence-corrected chi connectivity index (χ2v) is 7.56. The lowest BCUT2D eigenvalue weighted by Crippen LogP contribution is -2.48. The largest absolute Gasteiger partial charge is 0.369 e. The number of benzene rings is 1. The molecule has 0 spiro atoms. The van der Waals surface area contributed by atoms with Crippen molar-refractivity contribution in [3.8, 4) is 0 Å². The highest BCUT2D eigenvalue weighted by molar-refractivity contribution is 5.94. The fourth-order valence-electron chi connectivity index (χ4n) is 3.87. The van der Waals surface area contributed by atoms with Gasteiger partial charge in [-0.2, -0.15) is 0 Å². The molecule has 0 atom stereocenters. The van der Waals surface area contributed by atoms with Gasteiger partial charge in [-0.15, -0.1) is 0 Å². The normalized spacial score (nSPS) is 20.1. The molecule has 2 saturated heterocycles. The zero-order valence-corrected chi connectivity index (χ0v) is 15.9. The van der Waals surface area contributed by atoms with Crippen LogP contribution >= 0.6 is 0 Å². The van der Waals surface area contributed by atoms with Crippen molar-refractivity contribution in [3.05, 3.63) is 29.8 Å². The summed E-state index contributed by atoms with van der Waals surface area (Å²) in [6.07, 6.45) is 2.08. The summed E-state index contributed by atoms with van der Waals surface area (Å²) in [5.74, 6) is 0.142. The van der Waals surface area contributed by atoms with Crippen LogP contribution in [0.2, 0.25) is 0 Å². The van der Waals surface area contributed by atoms with Gasteiger partial charge in [0.25, 0.3) is 5.91 Å². The van der Waals surface area contributed by atoms with Gasteiger partial charge in [-0.05, 0) is 64.0 Å². The van der Waals surface area contributed by atoms with Crippen LogP contribution in [0, 0.1) is 0 Å². The lowest BCUT2D eigenvalue weighted by atomic mass is 10.0. The zero-order valence-electron chi connectivity index (χ0n) is 15.9. The van der Waals surface area contributed by atoms with E-state index in [-0.39, 0.29) is 5.91 Å². The minimum absolute atomic E-state index is 0.142. The molecule has 0 unspecified atom stereocenters. The molecule has 2 aliphatic heterocycles. The van der Waals surface area contributed by atoms with E-state index in [0.29, 0.717) is 12.1 Å². The van der Waals surface area contributed by atoms with Gasteiger partial charge in [0.1, 0.15) is 0 Å². The monoisotopic (exact) mass is 344 g/mol. The van der Waals surface area contributed by atoms with Crippen LogP contribution in [-0.2, 0) is 0 Å². The average molecular weight is 345 g/mol. The molecule has 5 nitrogen and oxygen atoms in total. The third-order valence-electron chi connectivity index (χ3n) is 5.70. The van der Waals surface area contributed by atoms with Gasteiger partial charge in [-0.25, -0.2) is 0 Å². The molecule has 3 rings (SSSR count). The van der Waals surface area contributed by atoms with Gasteiger partial charge in [-0.1, -0.05) is 0 Å². The second-order valence-electron chi connectivity index (χ2n) is 7.56. The molecule has 5 heteroatoms. The third kappa shape index (κ3) is 4.33. The minimum atomic E-state index is 0.142. The van der Waals surface area contributed by atoms with Crippen LogP contribution in [0.15, 0.2) is 24.3 Å². The van der Waals surface area contributed by atoms with Crippen molar-refractivity contribution in [2.45, 2.75) is 38.8 Å². The number of rotatable bonds is 4.